The Kier molecular flexibility index (Phi) is 2.82. The molecule has 0 fully saturated rings. The Hall–Kier alpha value is -1.56. The minimum Gasteiger partial charge on any atom is -0.497 e. The first kappa shape index (κ1) is 10.9. The summed E-state index contributed by atoms with van der Waals surface area (Å²) in [7, 11) is 1.52. The van der Waals surface area contributed by atoms with Gasteiger partial charge in [0.1, 0.15) is 17.4 Å². The molecule has 0 aliphatic heterocycles. The molecule has 4 nitrogen and oxygen atoms in total. The van der Waals surface area contributed by atoms with E-state index in [-0.39, 0.29) is 0 Å². The monoisotopic (exact) mass is 285 g/mol. The van der Waals surface area contributed by atoms with E-state index in [0.717, 1.165) is 0 Å². The smallest absolute Gasteiger partial charge is 0.145 e. The highest BCUT2D eigenvalue weighted by molar-refractivity contribution is 9.10. The van der Waals surface area contributed by atoms with Gasteiger partial charge in [-0.2, -0.15) is 5.10 Å². The third-order valence-corrected chi connectivity index (χ3v) is 2.77. The van der Waals surface area contributed by atoms with E-state index in [4.69, 9.17) is 10.5 Å². The van der Waals surface area contributed by atoms with E-state index in [1.165, 1.54) is 13.3 Å². The summed E-state index contributed by atoms with van der Waals surface area (Å²) in [6, 6.07) is 3.12. The van der Waals surface area contributed by atoms with E-state index in [1.54, 1.807) is 12.1 Å². The summed E-state index contributed by atoms with van der Waals surface area (Å²) in [5.41, 5.74) is 6.50. The summed E-state index contributed by atoms with van der Waals surface area (Å²) in [5.74, 6) is 0.469. The Morgan fingerprint density at radius 1 is 1.44 bits per heavy atom. The topological polar surface area (TPSA) is 63.9 Å². The van der Waals surface area contributed by atoms with Gasteiger partial charge < -0.3 is 10.5 Å². The second-order valence-electron chi connectivity index (χ2n) is 3.17. The van der Waals surface area contributed by atoms with Crippen molar-refractivity contribution in [3.63, 3.8) is 0 Å². The van der Waals surface area contributed by atoms with Gasteiger partial charge in [-0.15, -0.1) is 0 Å². The van der Waals surface area contributed by atoms with Crippen LogP contribution < -0.4 is 10.5 Å². The number of hydrogen-bond acceptors (Lipinski definition) is 3. The Bertz CT molecular complexity index is 527. The van der Waals surface area contributed by atoms with Gasteiger partial charge in [0.05, 0.1) is 17.8 Å². The molecule has 0 radical (unpaired) electrons. The molecule has 16 heavy (non-hydrogen) atoms. The number of aromatic amines is 1. The zero-order valence-corrected chi connectivity index (χ0v) is 10.0. The fourth-order valence-electron chi connectivity index (χ4n) is 1.39. The fourth-order valence-corrected chi connectivity index (χ4v) is 1.83. The second-order valence-corrected chi connectivity index (χ2v) is 4.02. The van der Waals surface area contributed by atoms with E-state index in [2.05, 4.69) is 26.1 Å². The summed E-state index contributed by atoms with van der Waals surface area (Å²) in [6.07, 6.45) is 1.47. The minimum absolute atomic E-state index is 0.319. The maximum Gasteiger partial charge on any atom is 0.145 e. The van der Waals surface area contributed by atoms with Crippen molar-refractivity contribution in [2.75, 3.05) is 12.8 Å². The van der Waals surface area contributed by atoms with Gasteiger partial charge in [-0.1, -0.05) is 0 Å². The summed E-state index contributed by atoms with van der Waals surface area (Å²) in [4.78, 5) is 0. The van der Waals surface area contributed by atoms with Crippen molar-refractivity contribution in [3.05, 3.63) is 28.6 Å². The highest BCUT2D eigenvalue weighted by Gasteiger charge is 2.14. The second kappa shape index (κ2) is 4.13. The SMILES string of the molecule is COc1cc(Br)c(F)c(-c2cn[nH]c2N)c1. The molecule has 3 N–H and O–H groups in total. The summed E-state index contributed by atoms with van der Waals surface area (Å²) in [6.45, 7) is 0. The number of benzene rings is 1. The molecular weight excluding hydrogens is 277 g/mol. The Balaban J connectivity index is 2.64. The van der Waals surface area contributed by atoms with Gasteiger partial charge in [0.2, 0.25) is 0 Å². The standard InChI is InChI=1S/C10H9BrFN3O/c1-16-5-2-6(9(12)8(11)3-5)7-4-14-15-10(7)13/h2-4H,1H3,(H3,13,14,15). The number of hydrogen-bond donors (Lipinski definition) is 2. The van der Waals surface area contributed by atoms with Crippen molar-refractivity contribution in [1.82, 2.24) is 10.2 Å². The number of anilines is 1. The van der Waals surface area contributed by atoms with Crippen LogP contribution in [-0.4, -0.2) is 17.3 Å². The van der Waals surface area contributed by atoms with Crippen molar-refractivity contribution in [1.29, 1.82) is 0 Å². The van der Waals surface area contributed by atoms with Crippen LogP contribution in [0.5, 0.6) is 5.75 Å². The molecule has 1 aromatic heterocycles. The van der Waals surface area contributed by atoms with Crippen LogP contribution in [0.1, 0.15) is 0 Å². The maximum atomic E-state index is 13.9. The van der Waals surface area contributed by atoms with Crippen LogP contribution in [0.15, 0.2) is 22.8 Å². The number of nitrogen functional groups attached to an aromatic ring is 1. The number of methoxy groups -OCH3 is 1. The lowest BCUT2D eigenvalue weighted by Gasteiger charge is -2.07. The molecule has 84 valence electrons. The molecule has 0 bridgehead atoms. The molecule has 0 saturated carbocycles. The molecule has 1 aromatic carbocycles. The first-order valence-electron chi connectivity index (χ1n) is 4.45. The molecule has 0 saturated heterocycles. The number of nitrogens with two attached hydrogens (primary N) is 1. The fraction of sp³-hybridized carbons (Fsp3) is 0.100. The van der Waals surface area contributed by atoms with Crippen LogP contribution in [0, 0.1) is 5.82 Å². The van der Waals surface area contributed by atoms with Crippen LogP contribution >= 0.6 is 15.9 Å². The first-order valence-corrected chi connectivity index (χ1v) is 5.25. The minimum atomic E-state index is -0.395. The van der Waals surface area contributed by atoms with Crippen molar-refractivity contribution >= 4 is 21.7 Å². The molecule has 2 rings (SSSR count). The van der Waals surface area contributed by atoms with E-state index < -0.39 is 5.82 Å². The van der Waals surface area contributed by atoms with Crippen LogP contribution in [0.3, 0.4) is 0 Å². The van der Waals surface area contributed by atoms with E-state index in [0.29, 0.717) is 27.2 Å². The number of nitrogens with one attached hydrogen (secondary N) is 1. The third kappa shape index (κ3) is 1.76. The summed E-state index contributed by atoms with van der Waals surface area (Å²) in [5, 5.41) is 6.31. The molecule has 0 amide bonds. The Morgan fingerprint density at radius 3 is 2.75 bits per heavy atom. The van der Waals surface area contributed by atoms with Gasteiger partial charge in [0.25, 0.3) is 0 Å². The Morgan fingerprint density at radius 2 is 2.19 bits per heavy atom. The molecule has 6 heteroatoms. The summed E-state index contributed by atoms with van der Waals surface area (Å²) < 4.78 is 19.2. The van der Waals surface area contributed by atoms with Crippen LogP contribution in [0.4, 0.5) is 10.2 Å². The van der Waals surface area contributed by atoms with Crippen LogP contribution in [0.2, 0.25) is 0 Å². The zero-order chi connectivity index (χ0) is 11.7. The normalized spacial score (nSPS) is 10.4. The van der Waals surface area contributed by atoms with Crippen molar-refractivity contribution in [2.45, 2.75) is 0 Å². The predicted octanol–water partition coefficient (Wildman–Crippen LogP) is 2.57. The maximum absolute atomic E-state index is 13.9. The first-order chi connectivity index (χ1) is 7.63. The van der Waals surface area contributed by atoms with Crippen molar-refractivity contribution in [3.8, 4) is 16.9 Å². The molecule has 0 aliphatic rings. The number of ether oxygens (including phenoxy) is 1. The van der Waals surface area contributed by atoms with Gasteiger partial charge in [-0.3, -0.25) is 5.10 Å². The number of halogens is 2. The predicted molar refractivity (Wildman–Crippen MR) is 62.6 cm³/mol. The molecule has 0 unspecified atom stereocenters. The van der Waals surface area contributed by atoms with Gasteiger partial charge in [-0.25, -0.2) is 4.39 Å². The lowest BCUT2D eigenvalue weighted by Crippen LogP contribution is -1.93. The van der Waals surface area contributed by atoms with Crippen LogP contribution in [0.25, 0.3) is 11.1 Å². The van der Waals surface area contributed by atoms with E-state index in [9.17, 15) is 4.39 Å². The zero-order valence-electron chi connectivity index (χ0n) is 8.42. The van der Waals surface area contributed by atoms with Gasteiger partial charge in [0.15, 0.2) is 0 Å². The Labute approximate surface area is 99.7 Å². The van der Waals surface area contributed by atoms with Gasteiger partial charge in [0, 0.05) is 11.1 Å². The number of nitrogens with zero attached hydrogens (tertiary/aromatic N) is 1. The molecule has 2 aromatic rings. The molecule has 1 heterocycles. The number of H-pyrrole nitrogens is 1. The molecule has 0 spiro atoms. The average Bonchev–Trinajstić information content (AvgIpc) is 2.68. The van der Waals surface area contributed by atoms with Crippen molar-refractivity contribution in [2.24, 2.45) is 0 Å². The van der Waals surface area contributed by atoms with E-state index in [1.807, 2.05) is 0 Å². The highest BCUT2D eigenvalue weighted by Crippen LogP contribution is 2.34. The third-order valence-electron chi connectivity index (χ3n) is 2.20. The molecule has 0 atom stereocenters. The van der Waals surface area contributed by atoms with Gasteiger partial charge in [-0.05, 0) is 28.1 Å². The highest BCUT2D eigenvalue weighted by atomic mass is 79.9. The lowest BCUT2D eigenvalue weighted by molar-refractivity contribution is 0.413. The quantitative estimate of drug-likeness (QED) is 0.891. The number of aromatic nitrogens is 2. The number of rotatable bonds is 2. The lowest BCUT2D eigenvalue weighted by atomic mass is 10.1. The molecular formula is C10H9BrFN3O. The van der Waals surface area contributed by atoms with E-state index >= 15 is 0 Å². The van der Waals surface area contributed by atoms with Crippen molar-refractivity contribution < 1.29 is 9.13 Å². The van der Waals surface area contributed by atoms with Crippen LogP contribution in [-0.2, 0) is 0 Å². The summed E-state index contributed by atoms with van der Waals surface area (Å²) >= 11 is 3.12. The largest absolute Gasteiger partial charge is 0.497 e. The molecule has 0 aliphatic carbocycles. The average molecular weight is 286 g/mol. The van der Waals surface area contributed by atoms with Gasteiger partial charge >= 0.3 is 0 Å².